The van der Waals surface area contributed by atoms with Crippen LogP contribution in [-0.4, -0.2) is 20.4 Å². The molecular weight excluding hydrogens is 532 g/mol. The lowest BCUT2D eigenvalue weighted by Gasteiger charge is -2.32. The number of hydrogen-bond acceptors (Lipinski definition) is 4. The second-order valence-electron chi connectivity index (χ2n) is 12.1. The topological polar surface area (TPSA) is 80.9 Å². The molecule has 5 aromatic rings. The molecule has 0 radical (unpaired) electrons. The van der Waals surface area contributed by atoms with Crippen LogP contribution in [0.3, 0.4) is 0 Å². The first-order valence-electron chi connectivity index (χ1n) is 14.5. The van der Waals surface area contributed by atoms with Gasteiger partial charge in [-0.1, -0.05) is 92.7 Å². The third-order valence-corrected chi connectivity index (χ3v) is 8.67. The summed E-state index contributed by atoms with van der Waals surface area (Å²) in [6.07, 6.45) is 0. The maximum Gasteiger partial charge on any atom is 0.121 e. The molecule has 0 amide bonds. The Kier molecular flexibility index (Phi) is 8.91. The van der Waals surface area contributed by atoms with E-state index >= 15 is 0 Å². The molecule has 0 aliphatic heterocycles. The van der Waals surface area contributed by atoms with Crippen LogP contribution >= 0.6 is 0 Å². The number of rotatable bonds is 5. The molecule has 0 aliphatic carbocycles. The summed E-state index contributed by atoms with van der Waals surface area (Å²) >= 11 is 0. The maximum atomic E-state index is 9.96. The monoisotopic (exact) mass is 574 g/mol. The van der Waals surface area contributed by atoms with Crippen LogP contribution in [0.15, 0.2) is 103 Å². The molecule has 0 unspecified atom stereocenters. The minimum absolute atomic E-state index is 0.188. The van der Waals surface area contributed by atoms with Gasteiger partial charge in [-0.2, -0.15) is 0 Å². The number of phenols is 4. The normalized spacial score (nSPS) is 11.5. The fourth-order valence-electron chi connectivity index (χ4n) is 5.66. The Morgan fingerprint density at radius 3 is 1.02 bits per heavy atom. The van der Waals surface area contributed by atoms with E-state index in [0.29, 0.717) is 11.5 Å². The number of aromatic hydroxyl groups is 4. The summed E-state index contributed by atoms with van der Waals surface area (Å²) in [5.41, 5.74) is 8.69. The highest BCUT2D eigenvalue weighted by atomic mass is 16.3. The fourth-order valence-corrected chi connectivity index (χ4v) is 5.66. The van der Waals surface area contributed by atoms with Gasteiger partial charge >= 0.3 is 0 Å². The SMILES string of the molecule is CC(c1ccccc1)(c1ccc(O)cc1)c1ccc(O)cc1.Cc1cc(C(C)(C)c2cc(C)c(O)c(C)c2)cc(C)c1O. The molecule has 4 heteroatoms. The van der Waals surface area contributed by atoms with Gasteiger partial charge in [-0.05, 0) is 109 Å². The summed E-state index contributed by atoms with van der Waals surface area (Å²) in [7, 11) is 0. The van der Waals surface area contributed by atoms with Gasteiger partial charge in [-0.15, -0.1) is 0 Å². The Balaban J connectivity index is 0.000000197. The van der Waals surface area contributed by atoms with Gasteiger partial charge < -0.3 is 20.4 Å². The third-order valence-electron chi connectivity index (χ3n) is 8.67. The van der Waals surface area contributed by atoms with Crippen molar-refractivity contribution in [2.45, 2.75) is 59.3 Å². The number of hydrogen-bond donors (Lipinski definition) is 4. The van der Waals surface area contributed by atoms with E-state index in [1.54, 1.807) is 24.3 Å². The van der Waals surface area contributed by atoms with Crippen LogP contribution in [0.2, 0.25) is 0 Å². The summed E-state index contributed by atoms with van der Waals surface area (Å²) < 4.78 is 0. The molecule has 4 nitrogen and oxygen atoms in total. The van der Waals surface area contributed by atoms with E-state index in [9.17, 15) is 20.4 Å². The van der Waals surface area contributed by atoms with Crippen LogP contribution in [0, 0.1) is 27.7 Å². The average Bonchev–Trinajstić information content (AvgIpc) is 2.99. The molecule has 222 valence electrons. The molecule has 5 rings (SSSR count). The van der Waals surface area contributed by atoms with E-state index in [1.165, 1.54) is 11.1 Å². The van der Waals surface area contributed by atoms with Gasteiger partial charge in [-0.25, -0.2) is 0 Å². The average molecular weight is 575 g/mol. The first kappa shape index (κ1) is 31.2. The third kappa shape index (κ3) is 6.39. The van der Waals surface area contributed by atoms with Crippen LogP contribution in [0.1, 0.15) is 70.8 Å². The predicted molar refractivity (Wildman–Crippen MR) is 176 cm³/mol. The molecule has 0 atom stereocenters. The molecular formula is C39H42O4. The zero-order valence-electron chi connectivity index (χ0n) is 26.1. The van der Waals surface area contributed by atoms with Gasteiger partial charge in [0.15, 0.2) is 0 Å². The molecule has 0 aromatic heterocycles. The quantitative estimate of drug-likeness (QED) is 0.158. The number of phenolic OH excluding ortho intramolecular Hbond substituents is 4. The van der Waals surface area contributed by atoms with E-state index in [1.807, 2.05) is 94.4 Å². The van der Waals surface area contributed by atoms with Crippen LogP contribution in [0.4, 0.5) is 0 Å². The van der Waals surface area contributed by atoms with E-state index < -0.39 is 0 Å². The summed E-state index contributed by atoms with van der Waals surface area (Å²) in [5, 5.41) is 39.1. The summed E-state index contributed by atoms with van der Waals surface area (Å²) in [4.78, 5) is 0. The van der Waals surface area contributed by atoms with E-state index in [2.05, 4.69) is 32.9 Å². The molecule has 4 N–H and O–H groups in total. The second-order valence-corrected chi connectivity index (χ2v) is 12.1. The first-order chi connectivity index (χ1) is 20.2. The number of aryl methyl sites for hydroxylation is 4. The van der Waals surface area contributed by atoms with E-state index in [0.717, 1.165) is 38.9 Å². The first-order valence-corrected chi connectivity index (χ1v) is 14.5. The van der Waals surface area contributed by atoms with Crippen molar-refractivity contribution in [1.29, 1.82) is 0 Å². The molecule has 0 heterocycles. The number of benzene rings is 5. The highest BCUT2D eigenvalue weighted by Crippen LogP contribution is 2.40. The lowest BCUT2D eigenvalue weighted by atomic mass is 9.71. The Morgan fingerprint density at radius 1 is 0.395 bits per heavy atom. The molecule has 5 aromatic carbocycles. The van der Waals surface area contributed by atoms with Crippen molar-refractivity contribution in [3.63, 3.8) is 0 Å². The van der Waals surface area contributed by atoms with Crippen LogP contribution in [-0.2, 0) is 10.8 Å². The van der Waals surface area contributed by atoms with Crippen molar-refractivity contribution in [1.82, 2.24) is 0 Å². The molecule has 0 aliphatic rings. The van der Waals surface area contributed by atoms with Gasteiger partial charge in [0.2, 0.25) is 0 Å². The van der Waals surface area contributed by atoms with Gasteiger partial charge in [0, 0.05) is 10.8 Å². The van der Waals surface area contributed by atoms with Crippen molar-refractivity contribution in [3.05, 3.63) is 153 Å². The Morgan fingerprint density at radius 2 is 0.698 bits per heavy atom. The lowest BCUT2D eigenvalue weighted by Crippen LogP contribution is -2.25. The minimum Gasteiger partial charge on any atom is -0.508 e. The largest absolute Gasteiger partial charge is 0.508 e. The smallest absolute Gasteiger partial charge is 0.121 e. The highest BCUT2D eigenvalue weighted by molar-refractivity contribution is 5.52. The highest BCUT2D eigenvalue weighted by Gasteiger charge is 2.31. The summed E-state index contributed by atoms with van der Waals surface area (Å²) in [5.74, 6) is 1.25. The lowest BCUT2D eigenvalue weighted by molar-refractivity contribution is 0.465. The molecule has 0 fully saturated rings. The van der Waals surface area contributed by atoms with Gasteiger partial charge in [0.25, 0.3) is 0 Å². The Bertz CT molecular complexity index is 1550. The molecule has 0 saturated heterocycles. The molecule has 0 bridgehead atoms. The summed E-state index contributed by atoms with van der Waals surface area (Å²) in [6.45, 7) is 14.2. The van der Waals surface area contributed by atoms with Crippen molar-refractivity contribution < 1.29 is 20.4 Å². The second kappa shape index (κ2) is 12.3. The minimum atomic E-state index is -0.358. The Hall–Kier alpha value is -4.70. The van der Waals surface area contributed by atoms with Gasteiger partial charge in [0.1, 0.15) is 23.0 Å². The molecule has 0 spiro atoms. The van der Waals surface area contributed by atoms with Crippen molar-refractivity contribution in [3.8, 4) is 23.0 Å². The van der Waals surface area contributed by atoms with Crippen molar-refractivity contribution in [2.75, 3.05) is 0 Å². The van der Waals surface area contributed by atoms with E-state index in [-0.39, 0.29) is 22.3 Å². The predicted octanol–water partition coefficient (Wildman–Crippen LogP) is 9.11. The summed E-state index contributed by atoms with van der Waals surface area (Å²) in [6, 6.07) is 33.0. The maximum absolute atomic E-state index is 9.96. The zero-order chi connectivity index (χ0) is 31.5. The zero-order valence-corrected chi connectivity index (χ0v) is 26.1. The van der Waals surface area contributed by atoms with Gasteiger partial charge in [0.05, 0.1) is 0 Å². The van der Waals surface area contributed by atoms with Crippen molar-refractivity contribution in [2.24, 2.45) is 0 Å². The molecule has 43 heavy (non-hydrogen) atoms. The fraction of sp³-hybridized carbons (Fsp3) is 0.231. The van der Waals surface area contributed by atoms with E-state index in [4.69, 9.17) is 0 Å². The van der Waals surface area contributed by atoms with Crippen LogP contribution in [0.25, 0.3) is 0 Å². The Labute approximate surface area is 255 Å². The standard InChI is InChI=1S/C20H18O2.C19H24O2/c1-20(15-5-3-2-4-6-15,16-7-11-18(21)12-8-16)17-9-13-19(22)14-10-17;1-11-7-15(8-12(2)17(11)20)19(5,6)16-9-13(3)18(21)14(4)10-16/h2-14,21-22H,1H3;7-10,20-21H,1-6H3. The van der Waals surface area contributed by atoms with Gasteiger partial charge in [-0.3, -0.25) is 0 Å². The van der Waals surface area contributed by atoms with Crippen LogP contribution < -0.4 is 0 Å². The molecule has 0 saturated carbocycles. The van der Waals surface area contributed by atoms with Crippen molar-refractivity contribution >= 4 is 0 Å². The van der Waals surface area contributed by atoms with Crippen LogP contribution in [0.5, 0.6) is 23.0 Å².